The van der Waals surface area contributed by atoms with E-state index in [4.69, 9.17) is 10.5 Å². The number of anilines is 1. The average molecular weight is 218 g/mol. The summed E-state index contributed by atoms with van der Waals surface area (Å²) in [5.41, 5.74) is 7.05. The van der Waals surface area contributed by atoms with Crippen molar-refractivity contribution in [2.24, 2.45) is 0 Å². The Labute approximate surface area is 92.7 Å². The number of nitrogen functional groups attached to an aromatic ring is 1. The third kappa shape index (κ3) is 1.95. The number of aromatic nitrogens is 1. The van der Waals surface area contributed by atoms with E-state index in [-0.39, 0.29) is 5.82 Å². The lowest BCUT2D eigenvalue weighted by atomic mass is 10.1. The van der Waals surface area contributed by atoms with Crippen LogP contribution in [0, 0.1) is 5.82 Å². The molecule has 0 spiro atoms. The SMILES string of the molecule is COc1ccc(-c2ccc(N)cn2)c(F)c1. The molecule has 0 atom stereocenters. The molecule has 0 aliphatic carbocycles. The van der Waals surface area contributed by atoms with Gasteiger partial charge in [0.15, 0.2) is 0 Å². The molecule has 0 aliphatic rings. The van der Waals surface area contributed by atoms with Crippen molar-refractivity contribution >= 4 is 5.69 Å². The minimum Gasteiger partial charge on any atom is -0.497 e. The lowest BCUT2D eigenvalue weighted by molar-refractivity contribution is 0.411. The molecule has 1 heterocycles. The summed E-state index contributed by atoms with van der Waals surface area (Å²) >= 11 is 0. The maximum atomic E-state index is 13.7. The van der Waals surface area contributed by atoms with Crippen LogP contribution in [-0.4, -0.2) is 12.1 Å². The normalized spacial score (nSPS) is 10.1. The highest BCUT2D eigenvalue weighted by molar-refractivity contribution is 5.62. The van der Waals surface area contributed by atoms with E-state index >= 15 is 0 Å². The number of hydrogen-bond acceptors (Lipinski definition) is 3. The molecular formula is C12H11FN2O. The van der Waals surface area contributed by atoms with Crippen LogP contribution in [-0.2, 0) is 0 Å². The number of methoxy groups -OCH3 is 1. The van der Waals surface area contributed by atoms with Crippen LogP contribution in [0.5, 0.6) is 5.75 Å². The van der Waals surface area contributed by atoms with Crippen LogP contribution in [0.15, 0.2) is 36.5 Å². The standard InChI is InChI=1S/C12H11FN2O/c1-16-9-3-4-10(11(13)6-9)12-5-2-8(14)7-15-12/h2-7H,14H2,1H3. The number of halogens is 1. The number of ether oxygens (including phenoxy) is 1. The van der Waals surface area contributed by atoms with Crippen LogP contribution in [0.1, 0.15) is 0 Å². The number of rotatable bonds is 2. The van der Waals surface area contributed by atoms with Gasteiger partial charge >= 0.3 is 0 Å². The first-order valence-electron chi connectivity index (χ1n) is 4.76. The second-order valence-corrected chi connectivity index (χ2v) is 3.32. The van der Waals surface area contributed by atoms with Gasteiger partial charge in [0.1, 0.15) is 11.6 Å². The minimum atomic E-state index is -0.364. The molecule has 2 N–H and O–H groups in total. The van der Waals surface area contributed by atoms with Gasteiger partial charge < -0.3 is 10.5 Å². The van der Waals surface area contributed by atoms with Crippen molar-refractivity contribution in [1.82, 2.24) is 4.98 Å². The Hall–Kier alpha value is -2.10. The maximum Gasteiger partial charge on any atom is 0.136 e. The molecule has 0 bridgehead atoms. The number of nitrogens with two attached hydrogens (primary N) is 1. The lowest BCUT2D eigenvalue weighted by Crippen LogP contribution is -1.91. The van der Waals surface area contributed by atoms with Crippen molar-refractivity contribution in [3.05, 3.63) is 42.3 Å². The molecule has 3 nitrogen and oxygen atoms in total. The molecule has 0 saturated heterocycles. The topological polar surface area (TPSA) is 48.1 Å². The summed E-state index contributed by atoms with van der Waals surface area (Å²) in [6.07, 6.45) is 1.50. The summed E-state index contributed by atoms with van der Waals surface area (Å²) in [6.45, 7) is 0. The molecule has 82 valence electrons. The highest BCUT2D eigenvalue weighted by Gasteiger charge is 2.07. The number of benzene rings is 1. The Balaban J connectivity index is 2.44. The van der Waals surface area contributed by atoms with Crippen molar-refractivity contribution in [3.8, 4) is 17.0 Å². The van der Waals surface area contributed by atoms with E-state index in [1.165, 1.54) is 19.4 Å². The van der Waals surface area contributed by atoms with Crippen molar-refractivity contribution in [2.75, 3.05) is 12.8 Å². The predicted octanol–water partition coefficient (Wildman–Crippen LogP) is 2.48. The molecule has 0 amide bonds. The summed E-state index contributed by atoms with van der Waals surface area (Å²) < 4.78 is 18.6. The Bertz CT molecular complexity index is 497. The fourth-order valence-corrected chi connectivity index (χ4v) is 1.40. The van der Waals surface area contributed by atoms with Gasteiger partial charge in [-0.15, -0.1) is 0 Å². The van der Waals surface area contributed by atoms with Crippen LogP contribution in [0.25, 0.3) is 11.3 Å². The molecule has 2 rings (SSSR count). The van der Waals surface area contributed by atoms with Gasteiger partial charge in [-0.2, -0.15) is 0 Å². The molecule has 0 unspecified atom stereocenters. The van der Waals surface area contributed by atoms with E-state index in [1.54, 1.807) is 24.3 Å². The highest BCUT2D eigenvalue weighted by Crippen LogP contribution is 2.24. The third-order valence-corrected chi connectivity index (χ3v) is 2.24. The van der Waals surface area contributed by atoms with Crippen LogP contribution >= 0.6 is 0 Å². The fraction of sp³-hybridized carbons (Fsp3) is 0.0833. The zero-order valence-electron chi connectivity index (χ0n) is 8.77. The second kappa shape index (κ2) is 4.18. The second-order valence-electron chi connectivity index (χ2n) is 3.32. The predicted molar refractivity (Wildman–Crippen MR) is 60.6 cm³/mol. The quantitative estimate of drug-likeness (QED) is 0.842. The van der Waals surface area contributed by atoms with Crippen molar-refractivity contribution in [3.63, 3.8) is 0 Å². The van der Waals surface area contributed by atoms with Gasteiger partial charge in [-0.25, -0.2) is 4.39 Å². The minimum absolute atomic E-state index is 0.364. The Morgan fingerprint density at radius 3 is 2.62 bits per heavy atom. The zero-order valence-corrected chi connectivity index (χ0v) is 8.77. The summed E-state index contributed by atoms with van der Waals surface area (Å²) in [5, 5.41) is 0. The van der Waals surface area contributed by atoms with Gasteiger partial charge in [-0.3, -0.25) is 4.98 Å². The van der Waals surface area contributed by atoms with E-state index in [0.29, 0.717) is 22.7 Å². The maximum absolute atomic E-state index is 13.7. The average Bonchev–Trinajstić information content (AvgIpc) is 2.30. The van der Waals surface area contributed by atoms with Gasteiger partial charge in [-0.05, 0) is 24.3 Å². The Kier molecular flexibility index (Phi) is 2.72. The lowest BCUT2D eigenvalue weighted by Gasteiger charge is -2.05. The third-order valence-electron chi connectivity index (χ3n) is 2.24. The van der Waals surface area contributed by atoms with Gasteiger partial charge in [0, 0.05) is 11.6 Å². The van der Waals surface area contributed by atoms with Crippen LogP contribution < -0.4 is 10.5 Å². The Morgan fingerprint density at radius 1 is 1.25 bits per heavy atom. The van der Waals surface area contributed by atoms with Crippen molar-refractivity contribution in [1.29, 1.82) is 0 Å². The molecule has 0 fully saturated rings. The van der Waals surface area contributed by atoms with Crippen LogP contribution in [0.2, 0.25) is 0 Å². The molecule has 0 saturated carbocycles. The first-order chi connectivity index (χ1) is 7.70. The zero-order chi connectivity index (χ0) is 11.5. The van der Waals surface area contributed by atoms with E-state index in [0.717, 1.165) is 0 Å². The smallest absolute Gasteiger partial charge is 0.136 e. The van der Waals surface area contributed by atoms with Gasteiger partial charge in [0.2, 0.25) is 0 Å². The Morgan fingerprint density at radius 2 is 2.06 bits per heavy atom. The largest absolute Gasteiger partial charge is 0.497 e. The van der Waals surface area contributed by atoms with Gasteiger partial charge in [0.25, 0.3) is 0 Å². The van der Waals surface area contributed by atoms with Crippen LogP contribution in [0.4, 0.5) is 10.1 Å². The van der Waals surface area contributed by atoms with E-state index in [2.05, 4.69) is 4.98 Å². The number of nitrogens with zero attached hydrogens (tertiary/aromatic N) is 1. The molecule has 2 aromatic rings. The summed E-state index contributed by atoms with van der Waals surface area (Å²) in [4.78, 5) is 4.06. The first kappa shape index (κ1) is 10.4. The van der Waals surface area contributed by atoms with Crippen molar-refractivity contribution in [2.45, 2.75) is 0 Å². The van der Waals surface area contributed by atoms with Crippen LogP contribution in [0.3, 0.4) is 0 Å². The molecule has 16 heavy (non-hydrogen) atoms. The number of pyridine rings is 1. The summed E-state index contributed by atoms with van der Waals surface area (Å²) in [5.74, 6) is 0.119. The molecule has 0 aliphatic heterocycles. The van der Waals surface area contributed by atoms with Gasteiger partial charge in [-0.1, -0.05) is 0 Å². The molecule has 1 aromatic carbocycles. The molecular weight excluding hydrogens is 207 g/mol. The summed E-state index contributed by atoms with van der Waals surface area (Å²) in [6, 6.07) is 8.02. The van der Waals surface area contributed by atoms with Crippen molar-refractivity contribution < 1.29 is 9.13 Å². The number of hydrogen-bond donors (Lipinski definition) is 1. The molecule has 1 aromatic heterocycles. The highest BCUT2D eigenvalue weighted by atomic mass is 19.1. The van der Waals surface area contributed by atoms with E-state index in [1.807, 2.05) is 0 Å². The fourth-order valence-electron chi connectivity index (χ4n) is 1.40. The van der Waals surface area contributed by atoms with E-state index in [9.17, 15) is 4.39 Å². The van der Waals surface area contributed by atoms with Gasteiger partial charge in [0.05, 0.1) is 24.7 Å². The first-order valence-corrected chi connectivity index (χ1v) is 4.76. The monoisotopic (exact) mass is 218 g/mol. The molecule has 0 radical (unpaired) electrons. The van der Waals surface area contributed by atoms with E-state index < -0.39 is 0 Å². The molecule has 4 heteroatoms. The summed E-state index contributed by atoms with van der Waals surface area (Å²) in [7, 11) is 1.50.